The number of ether oxygens (including phenoxy) is 2. The van der Waals surface area contributed by atoms with Crippen LogP contribution in [0.25, 0.3) is 0 Å². The van der Waals surface area contributed by atoms with Gasteiger partial charge in [0.2, 0.25) is 0 Å². The van der Waals surface area contributed by atoms with Gasteiger partial charge >= 0.3 is 11.9 Å². The molecule has 1 aliphatic heterocycles. The van der Waals surface area contributed by atoms with Crippen molar-refractivity contribution in [3.05, 3.63) is 24.5 Å². The van der Waals surface area contributed by atoms with E-state index in [0.29, 0.717) is 12.8 Å². The van der Waals surface area contributed by atoms with Crippen LogP contribution in [0.3, 0.4) is 0 Å². The van der Waals surface area contributed by atoms with Crippen molar-refractivity contribution < 1.29 is 33.3 Å². The molecule has 2 N–H and O–H groups in total. The quantitative estimate of drug-likeness (QED) is 0.269. The molecule has 1 saturated carbocycles. The first-order valence-electron chi connectivity index (χ1n) is 10.5. The molecule has 0 radical (unpaired) electrons. The molecule has 0 spiro atoms. The summed E-state index contributed by atoms with van der Waals surface area (Å²) in [5.41, 5.74) is 0. The number of fused-ring (bicyclic) bond motifs is 1. The van der Waals surface area contributed by atoms with Crippen molar-refractivity contribution in [2.45, 2.75) is 70.2 Å². The molecule has 0 amide bonds. The minimum Gasteiger partial charge on any atom is -0.488 e. The van der Waals surface area contributed by atoms with Gasteiger partial charge in [0.25, 0.3) is 0 Å². The SMILES string of the molecule is C=C[C@@H](O)[C@@H](C)[C@@H](C#CCC)[C@@H]1[C@@H]2[C@H](C[C@H]1O)OC(=CCCCC(=O)OC)C2(F)F. The lowest BCUT2D eigenvalue weighted by molar-refractivity contribution is -0.140. The highest BCUT2D eigenvalue weighted by atomic mass is 19.3. The number of unbranched alkanes of at least 4 members (excludes halogenated alkanes) is 1. The Labute approximate surface area is 177 Å². The van der Waals surface area contributed by atoms with Gasteiger partial charge in [-0.05, 0) is 24.8 Å². The van der Waals surface area contributed by atoms with Crippen LogP contribution in [-0.2, 0) is 14.3 Å². The van der Waals surface area contributed by atoms with Gasteiger partial charge in [-0.1, -0.05) is 25.8 Å². The number of aliphatic hydroxyl groups excluding tert-OH is 2. The summed E-state index contributed by atoms with van der Waals surface area (Å²) in [5.74, 6) is -1.27. The van der Waals surface area contributed by atoms with Crippen LogP contribution in [0.4, 0.5) is 8.78 Å². The van der Waals surface area contributed by atoms with Gasteiger partial charge in [-0.2, -0.15) is 8.78 Å². The number of carbonyl (C=O) groups excluding carboxylic acids is 1. The van der Waals surface area contributed by atoms with E-state index in [2.05, 4.69) is 23.2 Å². The van der Waals surface area contributed by atoms with E-state index in [-0.39, 0.29) is 25.2 Å². The monoisotopic (exact) mass is 426 g/mol. The lowest BCUT2D eigenvalue weighted by Crippen LogP contribution is -2.41. The first kappa shape index (κ1) is 24.4. The van der Waals surface area contributed by atoms with E-state index in [4.69, 9.17) is 4.74 Å². The fourth-order valence-corrected chi connectivity index (χ4v) is 4.49. The Bertz CT molecular complexity index is 708. The summed E-state index contributed by atoms with van der Waals surface area (Å²) in [4.78, 5) is 11.2. The number of hydrogen-bond acceptors (Lipinski definition) is 5. The third-order valence-corrected chi connectivity index (χ3v) is 6.11. The van der Waals surface area contributed by atoms with Crippen molar-refractivity contribution in [3.8, 4) is 11.8 Å². The van der Waals surface area contributed by atoms with Gasteiger partial charge in [-0.15, -0.1) is 12.5 Å². The molecule has 1 saturated heterocycles. The molecule has 0 aromatic heterocycles. The average Bonchev–Trinajstić information content (AvgIpc) is 3.17. The number of esters is 1. The molecule has 1 aliphatic carbocycles. The minimum atomic E-state index is -3.26. The summed E-state index contributed by atoms with van der Waals surface area (Å²) < 4.78 is 40.8. The van der Waals surface area contributed by atoms with Crippen LogP contribution in [-0.4, -0.2) is 47.5 Å². The number of rotatable bonds is 8. The van der Waals surface area contributed by atoms with Crippen molar-refractivity contribution in [3.63, 3.8) is 0 Å². The Balaban J connectivity index is 2.26. The maximum atomic E-state index is 15.3. The van der Waals surface area contributed by atoms with Gasteiger partial charge in [0.1, 0.15) is 6.10 Å². The van der Waals surface area contributed by atoms with E-state index < -0.39 is 53.7 Å². The largest absolute Gasteiger partial charge is 0.488 e. The first-order chi connectivity index (χ1) is 14.2. The lowest BCUT2D eigenvalue weighted by atomic mass is 9.72. The predicted octanol–water partition coefficient (Wildman–Crippen LogP) is 3.46. The zero-order valence-electron chi connectivity index (χ0n) is 17.8. The zero-order valence-corrected chi connectivity index (χ0v) is 17.8. The van der Waals surface area contributed by atoms with Crippen LogP contribution in [0.2, 0.25) is 0 Å². The van der Waals surface area contributed by atoms with E-state index in [1.807, 2.05) is 6.92 Å². The highest BCUT2D eigenvalue weighted by Crippen LogP contribution is 2.56. The average molecular weight is 427 g/mol. The van der Waals surface area contributed by atoms with Crippen molar-refractivity contribution in [2.75, 3.05) is 7.11 Å². The second-order valence-electron chi connectivity index (χ2n) is 8.01. The molecule has 7 heteroatoms. The highest BCUT2D eigenvalue weighted by molar-refractivity contribution is 5.69. The summed E-state index contributed by atoms with van der Waals surface area (Å²) in [6.07, 6.45) is 1.38. The van der Waals surface area contributed by atoms with Crippen molar-refractivity contribution in [1.82, 2.24) is 0 Å². The molecule has 7 atom stereocenters. The van der Waals surface area contributed by atoms with Crippen LogP contribution in [0.5, 0.6) is 0 Å². The Morgan fingerprint density at radius 1 is 1.50 bits per heavy atom. The molecule has 2 fully saturated rings. The van der Waals surface area contributed by atoms with Gasteiger partial charge in [0, 0.05) is 31.1 Å². The van der Waals surface area contributed by atoms with Gasteiger partial charge in [0.05, 0.1) is 25.2 Å². The number of carbonyl (C=O) groups is 1. The summed E-state index contributed by atoms with van der Waals surface area (Å²) in [5, 5.41) is 20.9. The van der Waals surface area contributed by atoms with Crippen molar-refractivity contribution in [1.29, 1.82) is 0 Å². The molecule has 2 rings (SSSR count). The first-order valence-corrected chi connectivity index (χ1v) is 10.5. The number of aliphatic hydroxyl groups is 2. The zero-order chi connectivity index (χ0) is 22.5. The molecular weight excluding hydrogens is 394 g/mol. The molecule has 1 heterocycles. The maximum absolute atomic E-state index is 15.3. The van der Waals surface area contributed by atoms with E-state index in [1.165, 1.54) is 19.3 Å². The summed E-state index contributed by atoms with van der Waals surface area (Å²) in [7, 11) is 1.28. The minimum absolute atomic E-state index is 0.0889. The van der Waals surface area contributed by atoms with E-state index in [0.717, 1.165) is 0 Å². The topological polar surface area (TPSA) is 76.0 Å². The molecule has 168 valence electrons. The number of hydrogen-bond donors (Lipinski definition) is 2. The summed E-state index contributed by atoms with van der Waals surface area (Å²) >= 11 is 0. The maximum Gasteiger partial charge on any atom is 0.310 e. The molecular formula is C23H32F2O5. The predicted molar refractivity (Wildman–Crippen MR) is 108 cm³/mol. The Morgan fingerprint density at radius 3 is 2.80 bits per heavy atom. The summed E-state index contributed by atoms with van der Waals surface area (Å²) in [6.45, 7) is 7.17. The number of allylic oxidation sites excluding steroid dienone is 2. The molecule has 30 heavy (non-hydrogen) atoms. The van der Waals surface area contributed by atoms with Crippen molar-refractivity contribution in [2.24, 2.45) is 23.7 Å². The van der Waals surface area contributed by atoms with Crippen LogP contribution < -0.4 is 0 Å². The van der Waals surface area contributed by atoms with E-state index >= 15 is 8.78 Å². The Morgan fingerprint density at radius 2 is 2.20 bits per heavy atom. The number of methoxy groups -OCH3 is 1. The van der Waals surface area contributed by atoms with Gasteiger partial charge in [-0.3, -0.25) is 4.79 Å². The van der Waals surface area contributed by atoms with Crippen LogP contribution in [0.1, 0.15) is 46.0 Å². The number of alkyl halides is 2. The van der Waals surface area contributed by atoms with E-state index in [1.54, 1.807) is 6.92 Å². The molecule has 0 aromatic rings. The van der Waals surface area contributed by atoms with Crippen molar-refractivity contribution >= 4 is 5.97 Å². The molecule has 2 aliphatic rings. The Hall–Kier alpha value is -1.91. The van der Waals surface area contributed by atoms with Gasteiger partial charge in [-0.25, -0.2) is 0 Å². The van der Waals surface area contributed by atoms with E-state index in [9.17, 15) is 15.0 Å². The third-order valence-electron chi connectivity index (χ3n) is 6.11. The van der Waals surface area contributed by atoms with Gasteiger partial charge in [0.15, 0.2) is 5.76 Å². The Kier molecular flexibility index (Phi) is 8.45. The van der Waals surface area contributed by atoms with Crippen LogP contribution in [0, 0.1) is 35.5 Å². The smallest absolute Gasteiger partial charge is 0.310 e. The molecule has 5 nitrogen and oxygen atoms in total. The highest BCUT2D eigenvalue weighted by Gasteiger charge is 2.65. The fourth-order valence-electron chi connectivity index (χ4n) is 4.49. The van der Waals surface area contributed by atoms with Crippen LogP contribution >= 0.6 is 0 Å². The number of halogens is 2. The third kappa shape index (κ3) is 5.04. The lowest BCUT2D eigenvalue weighted by Gasteiger charge is -2.34. The normalized spacial score (nSPS) is 31.1. The summed E-state index contributed by atoms with van der Waals surface area (Å²) in [6, 6.07) is 0. The fraction of sp³-hybridized carbons (Fsp3) is 0.696. The molecule has 0 aromatic carbocycles. The van der Waals surface area contributed by atoms with Crippen LogP contribution in [0.15, 0.2) is 24.5 Å². The second-order valence-corrected chi connectivity index (χ2v) is 8.01. The molecule has 0 bridgehead atoms. The molecule has 0 unspecified atom stereocenters. The standard InChI is InChI=1S/C23H32F2O5/c1-5-7-10-15(14(3)16(26)6-2)21-17(27)13-18-22(21)23(24,25)19(30-18)11-8-9-12-20(28)29-4/h6,11,14-18,21-22,26-27H,2,5,8-9,12-13H2,1,3-4H3/t14-,15+,16+,17+,18-,21-,22-/m0/s1. The van der Waals surface area contributed by atoms with Gasteiger partial charge < -0.3 is 19.7 Å². The second kappa shape index (κ2) is 10.4.